The number of benzene rings is 2. The van der Waals surface area contributed by atoms with Crippen molar-refractivity contribution in [3.63, 3.8) is 0 Å². The highest BCUT2D eigenvalue weighted by Crippen LogP contribution is 2.26. The number of rotatable bonds is 5. The van der Waals surface area contributed by atoms with Gasteiger partial charge in [0, 0.05) is 23.2 Å². The van der Waals surface area contributed by atoms with Gasteiger partial charge in [0.25, 0.3) is 5.76 Å². The van der Waals surface area contributed by atoms with Crippen LogP contribution in [0.15, 0.2) is 47.4 Å². The molecule has 1 nitrogen and oxygen atoms in total. The second-order valence-electron chi connectivity index (χ2n) is 4.03. The maximum absolute atomic E-state index is 13.0. The Morgan fingerprint density at radius 2 is 1.55 bits per heavy atom. The Bertz CT molecular complexity index is 552. The van der Waals surface area contributed by atoms with Crippen LogP contribution in [-0.2, 0) is 6.54 Å². The summed E-state index contributed by atoms with van der Waals surface area (Å²) >= 11 is 0.465. The van der Waals surface area contributed by atoms with Gasteiger partial charge >= 0.3 is 0 Å². The summed E-state index contributed by atoms with van der Waals surface area (Å²) in [5.74, 6) is -3.72. The van der Waals surface area contributed by atoms with Gasteiger partial charge in [0.15, 0.2) is 0 Å². The second-order valence-corrected chi connectivity index (χ2v) is 5.10. The van der Waals surface area contributed by atoms with Crippen molar-refractivity contribution >= 4 is 17.4 Å². The molecule has 0 aromatic heterocycles. The highest BCUT2D eigenvalue weighted by molar-refractivity contribution is 7.99. The zero-order valence-corrected chi connectivity index (χ0v) is 11.1. The van der Waals surface area contributed by atoms with Gasteiger partial charge in [0.05, 0.1) is 0 Å². The zero-order valence-electron chi connectivity index (χ0n) is 10.2. The van der Waals surface area contributed by atoms with Crippen LogP contribution in [0.2, 0.25) is 0 Å². The van der Waals surface area contributed by atoms with E-state index < -0.39 is 17.4 Å². The number of hydrogen-bond acceptors (Lipinski definition) is 2. The Hall–Kier alpha value is -1.69. The Kier molecular flexibility index (Phi) is 4.89. The molecule has 0 amide bonds. The van der Waals surface area contributed by atoms with Crippen LogP contribution in [0.4, 0.5) is 23.2 Å². The zero-order chi connectivity index (χ0) is 14.5. The number of alkyl halides is 2. The molecule has 0 unspecified atom stereocenters. The third kappa shape index (κ3) is 4.45. The Morgan fingerprint density at radius 1 is 0.950 bits per heavy atom. The Labute approximate surface area is 118 Å². The standard InChI is InChI=1S/C14H11F4NS/c15-10-5-9(6-11(16)7-10)8-19-12-1-3-13(4-2-12)20-14(17)18/h1-7,14,19H,8H2. The molecule has 2 aromatic carbocycles. The molecular formula is C14H11F4NS. The van der Waals surface area contributed by atoms with Crippen LogP contribution < -0.4 is 5.32 Å². The summed E-state index contributed by atoms with van der Waals surface area (Å²) in [5.41, 5.74) is 1.15. The van der Waals surface area contributed by atoms with E-state index in [1.54, 1.807) is 24.3 Å². The predicted octanol–water partition coefficient (Wildman–Crippen LogP) is 4.89. The second kappa shape index (κ2) is 6.65. The molecular weight excluding hydrogens is 290 g/mol. The minimum atomic E-state index is -2.45. The van der Waals surface area contributed by atoms with Crippen molar-refractivity contribution in [2.24, 2.45) is 0 Å². The lowest BCUT2D eigenvalue weighted by Gasteiger charge is -2.08. The van der Waals surface area contributed by atoms with E-state index in [0.29, 0.717) is 27.9 Å². The highest BCUT2D eigenvalue weighted by atomic mass is 32.2. The molecule has 0 atom stereocenters. The van der Waals surface area contributed by atoms with Crippen molar-refractivity contribution in [2.45, 2.75) is 17.2 Å². The lowest BCUT2D eigenvalue weighted by atomic mass is 10.2. The summed E-state index contributed by atoms with van der Waals surface area (Å²) in [7, 11) is 0. The number of hydrogen-bond donors (Lipinski definition) is 1. The molecule has 6 heteroatoms. The van der Waals surface area contributed by atoms with Gasteiger partial charge in [-0.05, 0) is 42.0 Å². The largest absolute Gasteiger partial charge is 0.381 e. The van der Waals surface area contributed by atoms with Gasteiger partial charge in [-0.3, -0.25) is 0 Å². The third-order valence-corrected chi connectivity index (χ3v) is 3.22. The van der Waals surface area contributed by atoms with Gasteiger partial charge in [0.1, 0.15) is 11.6 Å². The first-order valence-electron chi connectivity index (χ1n) is 5.76. The third-order valence-electron chi connectivity index (χ3n) is 2.50. The molecule has 0 aliphatic rings. The first-order valence-corrected chi connectivity index (χ1v) is 6.64. The lowest BCUT2D eigenvalue weighted by Crippen LogP contribution is -2.00. The molecule has 2 aromatic rings. The number of thioether (sulfide) groups is 1. The smallest absolute Gasteiger partial charge is 0.288 e. The fraction of sp³-hybridized carbons (Fsp3) is 0.143. The predicted molar refractivity (Wildman–Crippen MR) is 72.0 cm³/mol. The summed E-state index contributed by atoms with van der Waals surface area (Å²) in [6.45, 7) is 0.246. The fourth-order valence-electron chi connectivity index (χ4n) is 1.67. The van der Waals surface area contributed by atoms with Gasteiger partial charge in [-0.2, -0.15) is 8.78 Å². The molecule has 0 aliphatic carbocycles. The Balaban J connectivity index is 1.96. The Morgan fingerprint density at radius 3 is 2.10 bits per heavy atom. The average molecular weight is 301 g/mol. The van der Waals surface area contributed by atoms with E-state index in [4.69, 9.17) is 0 Å². The minimum absolute atomic E-state index is 0.246. The molecule has 0 bridgehead atoms. The molecule has 0 spiro atoms. The van der Waals surface area contributed by atoms with Crippen molar-refractivity contribution in [2.75, 3.05) is 5.32 Å². The van der Waals surface area contributed by atoms with Gasteiger partial charge in [0.2, 0.25) is 0 Å². The van der Waals surface area contributed by atoms with Crippen LogP contribution in [0.25, 0.3) is 0 Å². The van der Waals surface area contributed by atoms with E-state index >= 15 is 0 Å². The maximum atomic E-state index is 13.0. The van der Waals surface area contributed by atoms with E-state index in [9.17, 15) is 17.6 Å². The SMILES string of the molecule is Fc1cc(F)cc(CNc2ccc(SC(F)F)cc2)c1. The normalized spacial score (nSPS) is 10.8. The van der Waals surface area contributed by atoms with Crippen molar-refractivity contribution in [1.82, 2.24) is 0 Å². The molecule has 0 fully saturated rings. The van der Waals surface area contributed by atoms with Crippen LogP contribution in [0.1, 0.15) is 5.56 Å². The van der Waals surface area contributed by atoms with Gasteiger partial charge < -0.3 is 5.32 Å². The molecule has 0 saturated heterocycles. The molecule has 2 rings (SSSR count). The number of nitrogens with one attached hydrogen (secondary N) is 1. The fourth-order valence-corrected chi connectivity index (χ4v) is 2.17. The van der Waals surface area contributed by atoms with E-state index in [0.717, 1.165) is 6.07 Å². The van der Waals surface area contributed by atoms with Gasteiger partial charge in [-0.25, -0.2) is 8.78 Å². The van der Waals surface area contributed by atoms with E-state index in [1.165, 1.54) is 12.1 Å². The van der Waals surface area contributed by atoms with E-state index in [1.807, 2.05) is 0 Å². The first kappa shape index (κ1) is 14.7. The van der Waals surface area contributed by atoms with Crippen molar-refractivity contribution in [1.29, 1.82) is 0 Å². The lowest BCUT2D eigenvalue weighted by molar-refractivity contribution is 0.252. The molecule has 1 N–H and O–H groups in total. The van der Waals surface area contributed by atoms with Crippen LogP contribution >= 0.6 is 11.8 Å². The topological polar surface area (TPSA) is 12.0 Å². The van der Waals surface area contributed by atoms with E-state index in [-0.39, 0.29) is 6.54 Å². The quantitative estimate of drug-likeness (QED) is 0.623. The van der Waals surface area contributed by atoms with E-state index in [2.05, 4.69) is 5.32 Å². The first-order chi connectivity index (χ1) is 9.52. The molecule has 0 radical (unpaired) electrons. The summed E-state index contributed by atoms with van der Waals surface area (Å²) in [4.78, 5) is 0.461. The van der Waals surface area contributed by atoms with Gasteiger partial charge in [-0.15, -0.1) is 0 Å². The molecule has 0 saturated carbocycles. The molecule has 20 heavy (non-hydrogen) atoms. The summed E-state index contributed by atoms with van der Waals surface area (Å²) in [5, 5.41) is 2.97. The summed E-state index contributed by atoms with van der Waals surface area (Å²) in [6, 6.07) is 9.67. The van der Waals surface area contributed by atoms with Crippen LogP contribution in [-0.4, -0.2) is 5.76 Å². The average Bonchev–Trinajstić information content (AvgIpc) is 2.36. The van der Waals surface area contributed by atoms with Crippen LogP contribution in [0, 0.1) is 11.6 Å². The summed E-state index contributed by atoms with van der Waals surface area (Å²) < 4.78 is 50.3. The number of halogens is 4. The van der Waals surface area contributed by atoms with Crippen molar-refractivity contribution < 1.29 is 17.6 Å². The highest BCUT2D eigenvalue weighted by Gasteiger charge is 2.05. The van der Waals surface area contributed by atoms with Gasteiger partial charge in [-0.1, -0.05) is 11.8 Å². The minimum Gasteiger partial charge on any atom is -0.381 e. The van der Waals surface area contributed by atoms with Crippen LogP contribution in [0.5, 0.6) is 0 Å². The number of anilines is 1. The monoisotopic (exact) mass is 301 g/mol. The maximum Gasteiger partial charge on any atom is 0.288 e. The summed E-state index contributed by atoms with van der Waals surface area (Å²) in [6.07, 6.45) is 0. The molecule has 0 aliphatic heterocycles. The van der Waals surface area contributed by atoms with Crippen molar-refractivity contribution in [3.05, 3.63) is 59.7 Å². The van der Waals surface area contributed by atoms with Crippen LogP contribution in [0.3, 0.4) is 0 Å². The molecule has 106 valence electrons. The van der Waals surface area contributed by atoms with Crippen molar-refractivity contribution in [3.8, 4) is 0 Å². The molecule has 0 heterocycles.